The number of hydrogen-bond acceptors (Lipinski definition) is 1. The van der Waals surface area contributed by atoms with Crippen LogP contribution in [0, 0.1) is 0 Å². The average molecular weight is 236 g/mol. The second-order valence-electron chi connectivity index (χ2n) is 4.94. The molecular weight excluding hydrogens is 220 g/mol. The predicted octanol–water partition coefficient (Wildman–Crippen LogP) is 3.99. The van der Waals surface area contributed by atoms with E-state index in [1.54, 1.807) is 0 Å². The lowest BCUT2D eigenvalue weighted by atomic mass is 9.79. The van der Waals surface area contributed by atoms with Gasteiger partial charge in [0.1, 0.15) is 0 Å². The molecule has 0 spiro atoms. The van der Waals surface area contributed by atoms with E-state index in [1.807, 2.05) is 24.3 Å². The lowest BCUT2D eigenvalue weighted by molar-refractivity contribution is 0.0967. The molecular formula is C17H16O. The van der Waals surface area contributed by atoms with Gasteiger partial charge in [-0.25, -0.2) is 0 Å². The van der Waals surface area contributed by atoms with Gasteiger partial charge in [-0.1, -0.05) is 54.6 Å². The minimum Gasteiger partial charge on any atom is -0.294 e. The molecule has 2 aromatic rings. The van der Waals surface area contributed by atoms with Gasteiger partial charge in [-0.05, 0) is 29.9 Å². The van der Waals surface area contributed by atoms with Crippen LogP contribution in [-0.4, -0.2) is 5.78 Å². The van der Waals surface area contributed by atoms with E-state index in [-0.39, 0.29) is 0 Å². The van der Waals surface area contributed by atoms with Crippen LogP contribution in [0.25, 0.3) is 0 Å². The molecule has 0 saturated heterocycles. The van der Waals surface area contributed by atoms with Crippen LogP contribution in [0.5, 0.6) is 0 Å². The van der Waals surface area contributed by atoms with Crippen LogP contribution >= 0.6 is 0 Å². The van der Waals surface area contributed by atoms with Crippen LogP contribution in [-0.2, 0) is 6.42 Å². The molecule has 1 nitrogen and oxygen atoms in total. The highest BCUT2D eigenvalue weighted by Gasteiger charge is 2.24. The van der Waals surface area contributed by atoms with E-state index in [0.717, 1.165) is 18.4 Å². The summed E-state index contributed by atoms with van der Waals surface area (Å²) in [6.07, 6.45) is 2.70. The summed E-state index contributed by atoms with van der Waals surface area (Å²) in [6, 6.07) is 18.6. The fourth-order valence-corrected chi connectivity index (χ4v) is 2.81. The molecule has 90 valence electrons. The molecule has 0 saturated carbocycles. The molecule has 1 atom stereocenters. The predicted molar refractivity (Wildman–Crippen MR) is 72.9 cm³/mol. The molecule has 0 aromatic heterocycles. The van der Waals surface area contributed by atoms with E-state index in [4.69, 9.17) is 0 Å². The minimum absolute atomic E-state index is 0.301. The van der Waals surface area contributed by atoms with Crippen LogP contribution in [0.2, 0.25) is 0 Å². The molecule has 3 rings (SSSR count). The quantitative estimate of drug-likeness (QED) is 0.770. The van der Waals surface area contributed by atoms with E-state index >= 15 is 0 Å². The molecule has 1 heteroatoms. The zero-order valence-electron chi connectivity index (χ0n) is 10.3. The zero-order chi connectivity index (χ0) is 12.4. The van der Waals surface area contributed by atoms with Crippen LogP contribution in [0.15, 0.2) is 54.6 Å². The highest BCUT2D eigenvalue weighted by atomic mass is 16.1. The fourth-order valence-electron chi connectivity index (χ4n) is 2.81. The summed E-state index contributed by atoms with van der Waals surface area (Å²) in [5.41, 5.74) is 3.52. The first-order valence-electron chi connectivity index (χ1n) is 6.50. The van der Waals surface area contributed by atoms with Crippen molar-refractivity contribution in [3.63, 3.8) is 0 Å². The second kappa shape index (κ2) is 4.77. The molecule has 0 radical (unpaired) electrons. The molecule has 0 N–H and O–H groups in total. The van der Waals surface area contributed by atoms with Crippen LogP contribution in [0.4, 0.5) is 0 Å². The molecule has 0 heterocycles. The summed E-state index contributed by atoms with van der Waals surface area (Å²) < 4.78 is 0. The SMILES string of the molecule is O=C1CCC(Cc2ccccc2)c2ccccc21. The number of carbonyl (C=O) groups excluding carboxylic acids is 1. The van der Waals surface area contributed by atoms with Gasteiger partial charge in [-0.15, -0.1) is 0 Å². The number of benzene rings is 2. The number of hydrogen-bond donors (Lipinski definition) is 0. The van der Waals surface area contributed by atoms with E-state index in [2.05, 4.69) is 30.3 Å². The lowest BCUT2D eigenvalue weighted by Gasteiger charge is -2.24. The number of rotatable bonds is 2. The average Bonchev–Trinajstić information content (AvgIpc) is 2.44. The first-order valence-corrected chi connectivity index (χ1v) is 6.50. The Balaban J connectivity index is 1.91. The first-order chi connectivity index (χ1) is 8.84. The van der Waals surface area contributed by atoms with Gasteiger partial charge in [0.15, 0.2) is 5.78 Å². The summed E-state index contributed by atoms with van der Waals surface area (Å²) >= 11 is 0. The van der Waals surface area contributed by atoms with Crippen molar-refractivity contribution in [3.05, 3.63) is 71.3 Å². The largest absolute Gasteiger partial charge is 0.294 e. The topological polar surface area (TPSA) is 17.1 Å². The van der Waals surface area contributed by atoms with Crippen molar-refractivity contribution in [2.24, 2.45) is 0 Å². The maximum Gasteiger partial charge on any atom is 0.163 e. The van der Waals surface area contributed by atoms with Crippen molar-refractivity contribution >= 4 is 5.78 Å². The molecule has 2 aromatic carbocycles. The Bertz CT molecular complexity index is 557. The lowest BCUT2D eigenvalue weighted by Crippen LogP contribution is -2.17. The number of fused-ring (bicyclic) bond motifs is 1. The van der Waals surface area contributed by atoms with Crippen molar-refractivity contribution in [1.29, 1.82) is 0 Å². The Labute approximate surface area is 107 Å². The van der Waals surface area contributed by atoms with Gasteiger partial charge in [0.2, 0.25) is 0 Å². The number of carbonyl (C=O) groups is 1. The third-order valence-corrected chi connectivity index (χ3v) is 3.75. The molecule has 0 amide bonds. The zero-order valence-corrected chi connectivity index (χ0v) is 10.3. The van der Waals surface area contributed by atoms with E-state index < -0.39 is 0 Å². The number of Topliss-reactive ketones (excluding diaryl/α,β-unsaturated/α-hetero) is 1. The third-order valence-electron chi connectivity index (χ3n) is 3.75. The molecule has 18 heavy (non-hydrogen) atoms. The fraction of sp³-hybridized carbons (Fsp3) is 0.235. The highest BCUT2D eigenvalue weighted by molar-refractivity contribution is 5.98. The van der Waals surface area contributed by atoms with Gasteiger partial charge in [-0.3, -0.25) is 4.79 Å². The Morgan fingerprint density at radius 3 is 2.50 bits per heavy atom. The maximum absolute atomic E-state index is 11.9. The first kappa shape index (κ1) is 11.2. The number of ketones is 1. The maximum atomic E-state index is 11.9. The minimum atomic E-state index is 0.301. The van der Waals surface area contributed by atoms with Gasteiger partial charge in [0.25, 0.3) is 0 Å². The van der Waals surface area contributed by atoms with Gasteiger partial charge < -0.3 is 0 Å². The van der Waals surface area contributed by atoms with E-state index in [0.29, 0.717) is 18.1 Å². The van der Waals surface area contributed by atoms with E-state index in [9.17, 15) is 4.79 Å². The van der Waals surface area contributed by atoms with Crippen molar-refractivity contribution in [3.8, 4) is 0 Å². The monoisotopic (exact) mass is 236 g/mol. The standard InChI is InChI=1S/C17H16O/c18-17-11-10-14(12-13-6-2-1-3-7-13)15-8-4-5-9-16(15)17/h1-9,14H,10-12H2. The normalized spacial score (nSPS) is 18.4. The van der Waals surface area contributed by atoms with Crippen molar-refractivity contribution in [1.82, 2.24) is 0 Å². The Hall–Kier alpha value is -1.89. The summed E-state index contributed by atoms with van der Waals surface area (Å²) in [5, 5.41) is 0. The smallest absolute Gasteiger partial charge is 0.163 e. The molecule has 1 aliphatic rings. The molecule has 0 aliphatic heterocycles. The molecule has 1 aliphatic carbocycles. The Morgan fingerprint density at radius 2 is 1.67 bits per heavy atom. The summed E-state index contributed by atoms with van der Waals surface area (Å²) in [4.78, 5) is 11.9. The summed E-state index contributed by atoms with van der Waals surface area (Å²) in [5.74, 6) is 0.788. The Kier molecular flexibility index (Phi) is 2.97. The third kappa shape index (κ3) is 2.08. The Morgan fingerprint density at radius 1 is 0.944 bits per heavy atom. The van der Waals surface area contributed by atoms with Crippen molar-refractivity contribution in [2.45, 2.75) is 25.2 Å². The van der Waals surface area contributed by atoms with Crippen molar-refractivity contribution in [2.75, 3.05) is 0 Å². The summed E-state index contributed by atoms with van der Waals surface area (Å²) in [7, 11) is 0. The van der Waals surface area contributed by atoms with Gasteiger partial charge >= 0.3 is 0 Å². The van der Waals surface area contributed by atoms with Crippen LogP contribution < -0.4 is 0 Å². The van der Waals surface area contributed by atoms with Gasteiger partial charge in [-0.2, -0.15) is 0 Å². The van der Waals surface area contributed by atoms with E-state index in [1.165, 1.54) is 11.1 Å². The van der Waals surface area contributed by atoms with Crippen LogP contribution in [0.1, 0.15) is 40.2 Å². The molecule has 0 fully saturated rings. The van der Waals surface area contributed by atoms with Crippen molar-refractivity contribution < 1.29 is 4.79 Å². The molecule has 1 unspecified atom stereocenters. The molecule has 0 bridgehead atoms. The van der Waals surface area contributed by atoms with Gasteiger partial charge in [0.05, 0.1) is 0 Å². The summed E-state index contributed by atoms with van der Waals surface area (Å²) in [6.45, 7) is 0. The van der Waals surface area contributed by atoms with Gasteiger partial charge in [0, 0.05) is 12.0 Å². The second-order valence-corrected chi connectivity index (χ2v) is 4.94. The highest BCUT2D eigenvalue weighted by Crippen LogP contribution is 2.33. The van der Waals surface area contributed by atoms with Crippen LogP contribution in [0.3, 0.4) is 0 Å².